The van der Waals surface area contributed by atoms with Crippen molar-refractivity contribution in [3.05, 3.63) is 76.2 Å². The van der Waals surface area contributed by atoms with Gasteiger partial charge in [-0.1, -0.05) is 35.9 Å². The Morgan fingerprint density at radius 3 is 2.46 bits per heavy atom. The van der Waals surface area contributed by atoms with Crippen LogP contribution in [0, 0.1) is 5.82 Å². The Hall–Kier alpha value is -2.46. The molecule has 1 atom stereocenters. The highest BCUT2D eigenvalue weighted by Gasteiger charge is 2.40. The Morgan fingerprint density at radius 1 is 1.00 bits per heavy atom. The highest BCUT2D eigenvalue weighted by atomic mass is 35.5. The molecule has 0 fully saturated rings. The summed E-state index contributed by atoms with van der Waals surface area (Å²) in [6, 6.07) is 13.2. The van der Waals surface area contributed by atoms with Gasteiger partial charge in [0.2, 0.25) is 5.91 Å². The first-order valence-electron chi connectivity index (χ1n) is 8.65. The lowest BCUT2D eigenvalue weighted by molar-refractivity contribution is -0.119. The predicted octanol–water partition coefficient (Wildman–Crippen LogP) is 5.01. The van der Waals surface area contributed by atoms with E-state index in [1.54, 1.807) is 29.2 Å². The fourth-order valence-electron chi connectivity index (χ4n) is 3.89. The fourth-order valence-corrected chi connectivity index (χ4v) is 4.11. The van der Waals surface area contributed by atoms with Gasteiger partial charge in [0.15, 0.2) is 5.78 Å². The van der Waals surface area contributed by atoms with Crippen molar-refractivity contribution in [3.63, 3.8) is 0 Å². The molecule has 2 aliphatic rings. The molecule has 1 aliphatic heterocycles. The first kappa shape index (κ1) is 17.0. The first-order valence-corrected chi connectivity index (χ1v) is 9.03. The molecule has 26 heavy (non-hydrogen) atoms. The molecule has 0 N–H and O–H groups in total. The molecule has 4 rings (SSSR count). The van der Waals surface area contributed by atoms with Crippen molar-refractivity contribution in [2.24, 2.45) is 0 Å². The maximum absolute atomic E-state index is 13.3. The average molecular weight is 370 g/mol. The van der Waals surface area contributed by atoms with Crippen molar-refractivity contribution in [2.75, 3.05) is 4.90 Å². The second-order valence-corrected chi connectivity index (χ2v) is 7.03. The Balaban J connectivity index is 1.87. The maximum Gasteiger partial charge on any atom is 0.232 e. The van der Waals surface area contributed by atoms with Gasteiger partial charge in [-0.3, -0.25) is 14.5 Å². The van der Waals surface area contributed by atoms with E-state index in [0.29, 0.717) is 35.5 Å². The number of rotatable bonds is 2. The van der Waals surface area contributed by atoms with Gasteiger partial charge in [0.25, 0.3) is 0 Å². The lowest BCUT2D eigenvalue weighted by Crippen LogP contribution is -2.40. The van der Waals surface area contributed by atoms with E-state index in [4.69, 9.17) is 11.6 Å². The molecule has 132 valence electrons. The Kier molecular flexibility index (Phi) is 4.37. The second-order valence-electron chi connectivity index (χ2n) is 6.63. The molecule has 0 radical (unpaired) electrons. The summed E-state index contributed by atoms with van der Waals surface area (Å²) in [7, 11) is 0. The fraction of sp³-hybridized carbons (Fsp3) is 0.238. The van der Waals surface area contributed by atoms with Gasteiger partial charge in [-0.15, -0.1) is 0 Å². The quantitative estimate of drug-likeness (QED) is 0.746. The predicted molar refractivity (Wildman–Crippen MR) is 98.6 cm³/mol. The summed E-state index contributed by atoms with van der Waals surface area (Å²) in [5.41, 5.74) is 2.81. The molecule has 1 amide bonds. The molecule has 2 aromatic rings. The largest absolute Gasteiger partial charge is 0.294 e. The van der Waals surface area contributed by atoms with Crippen LogP contribution in [0.5, 0.6) is 0 Å². The molecule has 5 heteroatoms. The van der Waals surface area contributed by atoms with Gasteiger partial charge in [-0.2, -0.15) is 0 Å². The maximum atomic E-state index is 13.3. The summed E-state index contributed by atoms with van der Waals surface area (Å²) < 4.78 is 13.3. The molecule has 0 spiro atoms. The van der Waals surface area contributed by atoms with Crippen LogP contribution >= 0.6 is 11.6 Å². The molecule has 1 unspecified atom stereocenters. The van der Waals surface area contributed by atoms with Crippen molar-refractivity contribution in [1.82, 2.24) is 0 Å². The van der Waals surface area contributed by atoms with E-state index in [-0.39, 0.29) is 29.8 Å². The minimum atomic E-state index is -0.335. The second kappa shape index (κ2) is 6.69. The van der Waals surface area contributed by atoms with Crippen LogP contribution in [0.4, 0.5) is 10.1 Å². The number of carbonyl (C=O) groups excluding carboxylic acids is 2. The number of Topliss-reactive ketones (excluding diaryl/α,β-unsaturated/α-hetero) is 1. The van der Waals surface area contributed by atoms with Crippen molar-refractivity contribution in [1.29, 1.82) is 0 Å². The Labute approximate surface area is 156 Å². The van der Waals surface area contributed by atoms with Crippen LogP contribution in [0.1, 0.15) is 37.2 Å². The van der Waals surface area contributed by atoms with Gasteiger partial charge in [-0.25, -0.2) is 4.39 Å². The third kappa shape index (κ3) is 2.84. The van der Waals surface area contributed by atoms with E-state index in [1.165, 1.54) is 12.1 Å². The van der Waals surface area contributed by atoms with Crippen molar-refractivity contribution in [3.8, 4) is 0 Å². The van der Waals surface area contributed by atoms with E-state index in [9.17, 15) is 14.0 Å². The number of halogens is 2. The van der Waals surface area contributed by atoms with Crippen LogP contribution in [0.25, 0.3) is 0 Å². The van der Waals surface area contributed by atoms with Gasteiger partial charge in [0.05, 0.1) is 10.7 Å². The van der Waals surface area contributed by atoms with Gasteiger partial charge in [-0.05, 0) is 42.7 Å². The van der Waals surface area contributed by atoms with Crippen molar-refractivity contribution >= 4 is 29.0 Å². The number of ketones is 1. The molecule has 1 heterocycles. The van der Waals surface area contributed by atoms with E-state index < -0.39 is 0 Å². The van der Waals surface area contributed by atoms with Crippen LogP contribution in [0.2, 0.25) is 5.02 Å². The first-order chi connectivity index (χ1) is 12.6. The summed E-state index contributed by atoms with van der Waals surface area (Å²) in [5.74, 6) is -0.701. The summed E-state index contributed by atoms with van der Waals surface area (Å²) >= 11 is 6.32. The molecule has 0 bridgehead atoms. The highest BCUT2D eigenvalue weighted by molar-refractivity contribution is 6.34. The smallest absolute Gasteiger partial charge is 0.232 e. The zero-order valence-electron chi connectivity index (χ0n) is 14.0. The number of amides is 1. The van der Waals surface area contributed by atoms with Crippen molar-refractivity contribution in [2.45, 2.75) is 31.6 Å². The summed E-state index contributed by atoms with van der Waals surface area (Å²) in [5, 5.41) is 0.478. The zero-order valence-corrected chi connectivity index (χ0v) is 14.8. The summed E-state index contributed by atoms with van der Waals surface area (Å²) in [6.07, 6.45) is 2.00. The van der Waals surface area contributed by atoms with Crippen LogP contribution in [-0.4, -0.2) is 11.7 Å². The lowest BCUT2D eigenvalue weighted by Gasteiger charge is -2.38. The number of carbonyl (C=O) groups is 2. The summed E-state index contributed by atoms with van der Waals surface area (Å²) in [6.45, 7) is 0. The van der Waals surface area contributed by atoms with Gasteiger partial charge in [0.1, 0.15) is 5.82 Å². The van der Waals surface area contributed by atoms with E-state index in [1.807, 2.05) is 12.1 Å². The number of benzene rings is 2. The molecule has 1 aliphatic carbocycles. The van der Waals surface area contributed by atoms with Gasteiger partial charge >= 0.3 is 0 Å². The summed E-state index contributed by atoms with van der Waals surface area (Å²) in [4.78, 5) is 27.4. The number of hydrogen-bond donors (Lipinski definition) is 0. The molecule has 0 saturated carbocycles. The highest BCUT2D eigenvalue weighted by Crippen LogP contribution is 2.44. The minimum Gasteiger partial charge on any atom is -0.294 e. The lowest BCUT2D eigenvalue weighted by atomic mass is 9.77. The van der Waals surface area contributed by atoms with Crippen LogP contribution in [-0.2, 0) is 9.59 Å². The van der Waals surface area contributed by atoms with Gasteiger partial charge < -0.3 is 0 Å². The van der Waals surface area contributed by atoms with E-state index in [0.717, 1.165) is 11.3 Å². The van der Waals surface area contributed by atoms with E-state index in [2.05, 4.69) is 0 Å². The zero-order chi connectivity index (χ0) is 18.3. The number of hydrogen-bond acceptors (Lipinski definition) is 2. The minimum absolute atomic E-state index is 0.0603. The molecule has 2 aromatic carbocycles. The molecule has 0 saturated heterocycles. The van der Waals surface area contributed by atoms with Crippen molar-refractivity contribution < 1.29 is 14.0 Å². The number of anilines is 1. The topological polar surface area (TPSA) is 37.4 Å². The molecule has 0 aromatic heterocycles. The van der Waals surface area contributed by atoms with Gasteiger partial charge in [0, 0.05) is 30.0 Å². The number of nitrogens with zero attached hydrogens (tertiary/aromatic N) is 1. The normalized spacial score (nSPS) is 20.4. The number of para-hydroxylation sites is 1. The van der Waals surface area contributed by atoms with Crippen LogP contribution < -0.4 is 4.90 Å². The average Bonchev–Trinajstić information content (AvgIpc) is 2.63. The third-order valence-corrected chi connectivity index (χ3v) is 5.36. The SMILES string of the molecule is O=C1CCCC2=C1C(c1ccc(F)cc1)CC(=O)N2c1ccccc1Cl. The van der Waals surface area contributed by atoms with E-state index >= 15 is 0 Å². The Bertz CT molecular complexity index is 920. The Morgan fingerprint density at radius 2 is 1.73 bits per heavy atom. The standard InChI is InChI=1S/C21H17ClFNO2/c22-16-4-1-2-5-17(16)24-18-6-3-7-19(25)21(18)15(12-20(24)26)13-8-10-14(23)11-9-13/h1-2,4-5,8-11,15H,3,6-7,12H2. The van der Waals surface area contributed by atoms with Crippen LogP contribution in [0.15, 0.2) is 59.8 Å². The molecule has 3 nitrogen and oxygen atoms in total. The molecular formula is C21H17ClFNO2. The monoisotopic (exact) mass is 369 g/mol. The third-order valence-electron chi connectivity index (χ3n) is 5.04. The van der Waals surface area contributed by atoms with Crippen LogP contribution in [0.3, 0.4) is 0 Å². The molecular weight excluding hydrogens is 353 g/mol. The number of allylic oxidation sites excluding steroid dienone is 2.